The summed E-state index contributed by atoms with van der Waals surface area (Å²) < 4.78 is 0. The molecule has 0 fully saturated rings. The fourth-order valence-corrected chi connectivity index (χ4v) is 6.26. The summed E-state index contributed by atoms with van der Waals surface area (Å²) in [4.78, 5) is 2.35. The van der Waals surface area contributed by atoms with Crippen LogP contribution in [-0.4, -0.2) is 0 Å². The molecule has 8 aromatic carbocycles. The molecule has 0 aliphatic carbocycles. The van der Waals surface area contributed by atoms with E-state index in [1.807, 2.05) is 0 Å². The van der Waals surface area contributed by atoms with Crippen molar-refractivity contribution in [3.8, 4) is 22.3 Å². The van der Waals surface area contributed by atoms with Crippen LogP contribution >= 0.6 is 0 Å². The molecule has 0 amide bonds. The lowest BCUT2D eigenvalue weighted by atomic mass is 9.96. The van der Waals surface area contributed by atoms with Gasteiger partial charge >= 0.3 is 0 Å². The average Bonchev–Trinajstić information content (AvgIpc) is 3.09. The molecule has 8 aromatic rings. The average molecular weight is 548 g/mol. The van der Waals surface area contributed by atoms with Gasteiger partial charge in [0.1, 0.15) is 0 Å². The normalized spacial score (nSPS) is 11.3. The molecule has 43 heavy (non-hydrogen) atoms. The third-order valence-corrected chi connectivity index (χ3v) is 8.45. The third-order valence-electron chi connectivity index (χ3n) is 8.45. The maximum absolute atomic E-state index is 2.35. The van der Waals surface area contributed by atoms with Crippen LogP contribution in [0.3, 0.4) is 0 Å². The second-order valence-corrected chi connectivity index (χ2v) is 11.0. The van der Waals surface area contributed by atoms with Crippen LogP contribution in [0.2, 0.25) is 0 Å². The van der Waals surface area contributed by atoms with Gasteiger partial charge in [-0.3, -0.25) is 0 Å². The highest BCUT2D eigenvalue weighted by Crippen LogP contribution is 2.39. The summed E-state index contributed by atoms with van der Waals surface area (Å²) in [6.45, 7) is 0. The predicted molar refractivity (Wildman–Crippen MR) is 185 cm³/mol. The van der Waals surface area contributed by atoms with E-state index in [1.165, 1.54) is 54.6 Å². The highest BCUT2D eigenvalue weighted by Gasteiger charge is 2.14. The molecule has 0 aliphatic rings. The molecule has 0 spiro atoms. The van der Waals surface area contributed by atoms with E-state index >= 15 is 0 Å². The van der Waals surface area contributed by atoms with E-state index in [-0.39, 0.29) is 0 Å². The molecule has 202 valence electrons. The lowest BCUT2D eigenvalue weighted by Crippen LogP contribution is -2.09. The fraction of sp³-hybridized carbons (Fsp3) is 0. The maximum atomic E-state index is 2.35. The molecule has 1 heteroatoms. The van der Waals surface area contributed by atoms with E-state index in [2.05, 4.69) is 181 Å². The van der Waals surface area contributed by atoms with Crippen LogP contribution in [0.15, 0.2) is 176 Å². The lowest BCUT2D eigenvalue weighted by Gasteiger charge is -2.26. The topological polar surface area (TPSA) is 3.24 Å². The molecule has 0 saturated carbocycles. The van der Waals surface area contributed by atoms with Gasteiger partial charge in [-0.25, -0.2) is 0 Å². The molecule has 8 rings (SSSR count). The Morgan fingerprint density at radius 3 is 1.37 bits per heavy atom. The number of rotatable bonds is 5. The minimum Gasteiger partial charge on any atom is -0.310 e. The summed E-state index contributed by atoms with van der Waals surface area (Å²) in [6, 6.07) is 63.4. The van der Waals surface area contributed by atoms with Crippen molar-refractivity contribution in [2.45, 2.75) is 0 Å². The second kappa shape index (κ2) is 10.6. The van der Waals surface area contributed by atoms with Gasteiger partial charge in [0, 0.05) is 17.1 Å². The summed E-state index contributed by atoms with van der Waals surface area (Å²) in [6.07, 6.45) is 0. The first kappa shape index (κ1) is 25.1. The minimum atomic E-state index is 1.13. The second-order valence-electron chi connectivity index (χ2n) is 11.0. The summed E-state index contributed by atoms with van der Waals surface area (Å²) >= 11 is 0. The quantitative estimate of drug-likeness (QED) is 0.194. The van der Waals surface area contributed by atoms with Crippen molar-refractivity contribution >= 4 is 49.4 Å². The zero-order valence-electron chi connectivity index (χ0n) is 23.7. The highest BCUT2D eigenvalue weighted by atomic mass is 15.1. The molecule has 0 bridgehead atoms. The van der Waals surface area contributed by atoms with Crippen LogP contribution in [0.1, 0.15) is 0 Å². The van der Waals surface area contributed by atoms with Crippen LogP contribution < -0.4 is 4.90 Å². The Morgan fingerprint density at radius 1 is 0.256 bits per heavy atom. The third kappa shape index (κ3) is 4.62. The van der Waals surface area contributed by atoms with E-state index in [0.717, 1.165) is 17.1 Å². The van der Waals surface area contributed by atoms with Crippen molar-refractivity contribution in [3.05, 3.63) is 176 Å². The Kier molecular flexibility index (Phi) is 6.20. The number of fused-ring (bicyclic) bond motifs is 5. The van der Waals surface area contributed by atoms with Gasteiger partial charge in [-0.05, 0) is 91.0 Å². The van der Waals surface area contributed by atoms with Gasteiger partial charge in [-0.15, -0.1) is 0 Å². The van der Waals surface area contributed by atoms with Gasteiger partial charge in [-0.1, -0.05) is 140 Å². The smallest absolute Gasteiger partial charge is 0.0468 e. The zero-order chi connectivity index (χ0) is 28.6. The van der Waals surface area contributed by atoms with E-state index in [1.54, 1.807) is 0 Å². The molecule has 0 saturated heterocycles. The first-order valence-electron chi connectivity index (χ1n) is 14.8. The van der Waals surface area contributed by atoms with Crippen molar-refractivity contribution in [2.24, 2.45) is 0 Å². The van der Waals surface area contributed by atoms with Gasteiger partial charge < -0.3 is 4.90 Å². The first-order chi connectivity index (χ1) is 21.3. The molecule has 0 aromatic heterocycles. The predicted octanol–water partition coefficient (Wildman–Crippen LogP) is 11.9. The number of anilines is 3. The van der Waals surface area contributed by atoms with E-state index < -0.39 is 0 Å². The first-order valence-corrected chi connectivity index (χ1v) is 14.8. The van der Waals surface area contributed by atoms with Crippen molar-refractivity contribution in [2.75, 3.05) is 4.90 Å². The largest absolute Gasteiger partial charge is 0.310 e. The number of nitrogens with zero attached hydrogens (tertiary/aromatic N) is 1. The molecular weight excluding hydrogens is 518 g/mol. The Balaban J connectivity index is 1.21. The Bertz CT molecular complexity index is 2200. The van der Waals surface area contributed by atoms with Crippen LogP contribution in [0.4, 0.5) is 17.1 Å². The van der Waals surface area contributed by atoms with Crippen LogP contribution in [0.5, 0.6) is 0 Å². The van der Waals surface area contributed by atoms with Crippen LogP contribution in [-0.2, 0) is 0 Å². The minimum absolute atomic E-state index is 1.13. The van der Waals surface area contributed by atoms with Crippen LogP contribution in [0.25, 0.3) is 54.6 Å². The molecule has 0 N–H and O–H groups in total. The highest BCUT2D eigenvalue weighted by molar-refractivity contribution is 6.17. The fourth-order valence-electron chi connectivity index (χ4n) is 6.26. The van der Waals surface area contributed by atoms with Crippen molar-refractivity contribution in [1.29, 1.82) is 0 Å². The SMILES string of the molecule is c1ccc(-c2ccc(-c3ccc(N(c4ccccc4)c4ccc5ccc6c7ccccc7ccc6c5c4)cc3)cc2)cc1. The lowest BCUT2D eigenvalue weighted by molar-refractivity contribution is 1.29. The number of para-hydroxylation sites is 1. The number of benzene rings is 8. The molecule has 0 radical (unpaired) electrons. The molecule has 0 unspecified atom stereocenters. The molecule has 0 atom stereocenters. The standard InChI is InChI=1S/C42H29N/c1-3-9-30(10-4-1)31-15-17-32(18-16-31)33-19-24-37(25-20-33)43(36-12-5-2-6-13-36)38-26-21-35-23-27-40-39-14-8-7-11-34(39)22-28-41(40)42(35)29-38/h1-29H. The van der Waals surface area contributed by atoms with E-state index in [0.29, 0.717) is 0 Å². The summed E-state index contributed by atoms with van der Waals surface area (Å²) in [5.41, 5.74) is 8.27. The van der Waals surface area contributed by atoms with E-state index in [9.17, 15) is 0 Å². The number of hydrogen-bond donors (Lipinski definition) is 0. The Morgan fingerprint density at radius 2 is 0.698 bits per heavy atom. The van der Waals surface area contributed by atoms with Crippen molar-refractivity contribution in [3.63, 3.8) is 0 Å². The summed E-state index contributed by atoms with van der Waals surface area (Å²) in [7, 11) is 0. The number of hydrogen-bond acceptors (Lipinski definition) is 1. The monoisotopic (exact) mass is 547 g/mol. The van der Waals surface area contributed by atoms with Gasteiger partial charge in [0.15, 0.2) is 0 Å². The van der Waals surface area contributed by atoms with Gasteiger partial charge in [0.05, 0.1) is 0 Å². The summed E-state index contributed by atoms with van der Waals surface area (Å²) in [5.74, 6) is 0. The van der Waals surface area contributed by atoms with Crippen LogP contribution in [0, 0.1) is 0 Å². The zero-order valence-corrected chi connectivity index (χ0v) is 23.7. The molecular formula is C42H29N. The van der Waals surface area contributed by atoms with Crippen molar-refractivity contribution in [1.82, 2.24) is 0 Å². The van der Waals surface area contributed by atoms with Gasteiger partial charge in [-0.2, -0.15) is 0 Å². The maximum Gasteiger partial charge on any atom is 0.0468 e. The summed E-state index contributed by atoms with van der Waals surface area (Å²) in [5, 5.41) is 7.63. The Hall–Kier alpha value is -5.66. The van der Waals surface area contributed by atoms with Gasteiger partial charge in [0.2, 0.25) is 0 Å². The van der Waals surface area contributed by atoms with Crippen molar-refractivity contribution < 1.29 is 0 Å². The Labute approximate surface area is 251 Å². The van der Waals surface area contributed by atoms with Gasteiger partial charge in [0.25, 0.3) is 0 Å². The molecule has 0 aliphatic heterocycles. The van der Waals surface area contributed by atoms with E-state index in [4.69, 9.17) is 0 Å². The molecule has 1 nitrogen and oxygen atoms in total. The molecule has 0 heterocycles.